The quantitative estimate of drug-likeness (QED) is 0.291. The molecule has 192 valence electrons. The molecule has 0 aliphatic rings. The molecule has 0 aromatic rings. The summed E-state index contributed by atoms with van der Waals surface area (Å²) in [6.45, 7) is 19.3. The molecule has 8 heteroatoms. The van der Waals surface area contributed by atoms with Crippen LogP contribution in [0, 0.1) is 5.41 Å². The third kappa shape index (κ3) is 15.9. The number of aliphatic hydroxyl groups excluding tert-OH is 1. The minimum atomic E-state index is -0.481. The van der Waals surface area contributed by atoms with Gasteiger partial charge in [-0.2, -0.15) is 0 Å². The molecule has 32 heavy (non-hydrogen) atoms. The van der Waals surface area contributed by atoms with Gasteiger partial charge in [-0.1, -0.05) is 6.92 Å². The fourth-order valence-electron chi connectivity index (χ4n) is 2.28. The average Bonchev–Trinajstić information content (AvgIpc) is 2.75. The van der Waals surface area contributed by atoms with E-state index in [1.165, 1.54) is 0 Å². The number of hydrogen-bond donors (Lipinski definition) is 1. The smallest absolute Gasteiger partial charge is 0.311 e. The fraction of sp³-hybridized carbons (Fsp3) is 0.958. The largest absolute Gasteiger partial charge is 0.463 e. The molecule has 0 amide bonds. The number of hydrogen-bond acceptors (Lipinski definition) is 8. The van der Waals surface area contributed by atoms with E-state index in [0.29, 0.717) is 33.0 Å². The number of carbonyl (C=O) groups is 1. The second-order valence-electron chi connectivity index (χ2n) is 9.40. The van der Waals surface area contributed by atoms with Crippen molar-refractivity contribution in [3.8, 4) is 0 Å². The zero-order chi connectivity index (χ0) is 24.7. The summed E-state index contributed by atoms with van der Waals surface area (Å²) >= 11 is 0. The van der Waals surface area contributed by atoms with Gasteiger partial charge < -0.3 is 33.5 Å². The molecule has 6 unspecified atom stereocenters. The van der Waals surface area contributed by atoms with Crippen LogP contribution in [0.25, 0.3) is 0 Å². The molecule has 1 N–H and O–H groups in total. The first kappa shape index (κ1) is 31.2. The van der Waals surface area contributed by atoms with Crippen LogP contribution in [0.1, 0.15) is 68.7 Å². The van der Waals surface area contributed by atoms with Gasteiger partial charge in [0.2, 0.25) is 0 Å². The van der Waals surface area contributed by atoms with Crippen LogP contribution >= 0.6 is 0 Å². The maximum atomic E-state index is 12.0. The summed E-state index contributed by atoms with van der Waals surface area (Å²) in [6, 6.07) is 0. The molecule has 0 radical (unpaired) electrons. The van der Waals surface area contributed by atoms with Crippen molar-refractivity contribution in [2.45, 2.75) is 105 Å². The van der Waals surface area contributed by atoms with Crippen LogP contribution in [-0.2, 0) is 33.2 Å². The lowest BCUT2D eigenvalue weighted by molar-refractivity contribution is -0.159. The lowest BCUT2D eigenvalue weighted by Gasteiger charge is -2.23. The van der Waals surface area contributed by atoms with Crippen LogP contribution < -0.4 is 0 Å². The van der Waals surface area contributed by atoms with Gasteiger partial charge in [-0.15, -0.1) is 0 Å². The van der Waals surface area contributed by atoms with E-state index in [4.69, 9.17) is 28.4 Å². The zero-order valence-corrected chi connectivity index (χ0v) is 21.7. The lowest BCUT2D eigenvalue weighted by Crippen LogP contribution is -2.31. The van der Waals surface area contributed by atoms with Crippen molar-refractivity contribution < 1.29 is 38.3 Å². The van der Waals surface area contributed by atoms with E-state index in [1.54, 1.807) is 6.92 Å². The van der Waals surface area contributed by atoms with Crippen LogP contribution in [0.3, 0.4) is 0 Å². The highest BCUT2D eigenvalue weighted by atomic mass is 16.6. The van der Waals surface area contributed by atoms with E-state index in [9.17, 15) is 9.90 Å². The topological polar surface area (TPSA) is 92.7 Å². The van der Waals surface area contributed by atoms with Crippen molar-refractivity contribution in [3.63, 3.8) is 0 Å². The van der Waals surface area contributed by atoms with Crippen molar-refractivity contribution in [2.24, 2.45) is 5.41 Å². The molecule has 0 aliphatic carbocycles. The van der Waals surface area contributed by atoms with E-state index in [0.717, 1.165) is 6.42 Å². The van der Waals surface area contributed by atoms with E-state index in [2.05, 4.69) is 0 Å². The number of ether oxygens (including phenoxy) is 6. The van der Waals surface area contributed by atoms with E-state index >= 15 is 0 Å². The first-order valence-corrected chi connectivity index (χ1v) is 11.8. The Morgan fingerprint density at radius 3 is 1.28 bits per heavy atom. The maximum Gasteiger partial charge on any atom is 0.311 e. The normalized spacial score (nSPS) is 17.9. The lowest BCUT2D eigenvalue weighted by atomic mass is 9.91. The van der Waals surface area contributed by atoms with Crippen LogP contribution in [0.4, 0.5) is 0 Å². The molecule has 0 spiro atoms. The Hall–Kier alpha value is -0.770. The molecule has 0 rings (SSSR count). The highest BCUT2D eigenvalue weighted by Gasteiger charge is 2.27. The van der Waals surface area contributed by atoms with Gasteiger partial charge in [-0.05, 0) is 61.8 Å². The standard InChI is InChI=1S/C24H48O8/c1-10-24(8,9)23(26)32-16-22(7)31-15-21(6)30-14-20(5)29-13-19(4)28-12-18(3)27-11-17(2)25/h17-22,25H,10-16H2,1-9H3. The summed E-state index contributed by atoms with van der Waals surface area (Å²) in [4.78, 5) is 12.0. The molecule has 0 aromatic heterocycles. The summed E-state index contributed by atoms with van der Waals surface area (Å²) in [7, 11) is 0. The summed E-state index contributed by atoms with van der Waals surface area (Å²) in [5.74, 6) is -0.203. The van der Waals surface area contributed by atoms with Gasteiger partial charge in [0, 0.05) is 0 Å². The minimum absolute atomic E-state index is 0.0722. The molecule has 6 atom stereocenters. The Morgan fingerprint density at radius 1 is 0.656 bits per heavy atom. The maximum absolute atomic E-state index is 12.0. The number of esters is 1. The molecule has 0 heterocycles. The first-order chi connectivity index (χ1) is 14.9. The number of carbonyl (C=O) groups excluding carboxylic acids is 1. The first-order valence-electron chi connectivity index (χ1n) is 11.8. The molecule has 0 saturated carbocycles. The summed E-state index contributed by atoms with van der Waals surface area (Å²) in [5.41, 5.74) is -0.473. The van der Waals surface area contributed by atoms with Crippen molar-refractivity contribution in [3.05, 3.63) is 0 Å². The van der Waals surface area contributed by atoms with Crippen molar-refractivity contribution in [1.29, 1.82) is 0 Å². The molecule has 0 bridgehead atoms. The predicted molar refractivity (Wildman–Crippen MR) is 124 cm³/mol. The van der Waals surface area contributed by atoms with Gasteiger partial charge in [-0.25, -0.2) is 0 Å². The van der Waals surface area contributed by atoms with E-state index in [1.807, 2.05) is 55.4 Å². The third-order valence-electron chi connectivity index (χ3n) is 4.97. The highest BCUT2D eigenvalue weighted by Crippen LogP contribution is 2.21. The molecule has 0 saturated heterocycles. The highest BCUT2D eigenvalue weighted by molar-refractivity contribution is 5.75. The third-order valence-corrected chi connectivity index (χ3v) is 4.97. The summed E-state index contributed by atoms with van der Waals surface area (Å²) < 4.78 is 33.8. The molecular formula is C24H48O8. The van der Waals surface area contributed by atoms with Gasteiger partial charge in [0.15, 0.2) is 0 Å². The van der Waals surface area contributed by atoms with E-state index < -0.39 is 11.5 Å². The minimum Gasteiger partial charge on any atom is -0.463 e. The van der Waals surface area contributed by atoms with Gasteiger partial charge in [0.1, 0.15) is 6.61 Å². The van der Waals surface area contributed by atoms with Gasteiger partial charge in [-0.3, -0.25) is 4.79 Å². The molecule has 8 nitrogen and oxygen atoms in total. The van der Waals surface area contributed by atoms with Gasteiger partial charge in [0.25, 0.3) is 0 Å². The Labute approximate surface area is 195 Å². The second-order valence-corrected chi connectivity index (χ2v) is 9.40. The Bertz CT molecular complexity index is 483. The molecule has 0 aliphatic heterocycles. The van der Waals surface area contributed by atoms with E-state index in [-0.39, 0.29) is 43.1 Å². The van der Waals surface area contributed by atoms with Crippen LogP contribution in [0.15, 0.2) is 0 Å². The average molecular weight is 465 g/mol. The second kappa shape index (κ2) is 16.8. The van der Waals surface area contributed by atoms with Gasteiger partial charge >= 0.3 is 5.97 Å². The van der Waals surface area contributed by atoms with Crippen molar-refractivity contribution >= 4 is 5.97 Å². The molecular weight excluding hydrogens is 416 g/mol. The summed E-state index contributed by atoms with van der Waals surface area (Å²) in [6.07, 6.45) is -0.292. The zero-order valence-electron chi connectivity index (χ0n) is 21.7. The monoisotopic (exact) mass is 464 g/mol. The molecule has 0 aromatic carbocycles. The van der Waals surface area contributed by atoms with Crippen molar-refractivity contribution in [2.75, 3.05) is 39.6 Å². The van der Waals surface area contributed by atoms with Gasteiger partial charge in [0.05, 0.1) is 75.1 Å². The predicted octanol–water partition coefficient (Wildman–Crippen LogP) is 3.37. The Balaban J connectivity index is 3.90. The summed E-state index contributed by atoms with van der Waals surface area (Å²) in [5, 5.41) is 9.23. The van der Waals surface area contributed by atoms with Crippen LogP contribution in [-0.4, -0.2) is 87.3 Å². The SMILES string of the molecule is CCC(C)(C)C(=O)OCC(C)OCC(C)OCC(C)OCC(C)OCC(C)OCC(C)O. The Morgan fingerprint density at radius 2 is 0.969 bits per heavy atom. The van der Waals surface area contributed by atoms with Crippen LogP contribution in [0.2, 0.25) is 0 Å². The Kier molecular flexibility index (Phi) is 16.4. The number of aliphatic hydroxyl groups is 1. The number of rotatable bonds is 19. The van der Waals surface area contributed by atoms with Crippen molar-refractivity contribution in [1.82, 2.24) is 0 Å². The molecule has 0 fully saturated rings. The van der Waals surface area contributed by atoms with Crippen LogP contribution in [0.5, 0.6) is 0 Å². The fourth-order valence-corrected chi connectivity index (χ4v) is 2.28.